The molecule has 2 fully saturated rings. The summed E-state index contributed by atoms with van der Waals surface area (Å²) in [6, 6.07) is 5.91. The zero-order chi connectivity index (χ0) is 14.7. The van der Waals surface area contributed by atoms with E-state index in [1.54, 1.807) is 7.11 Å². The molecule has 0 bridgehead atoms. The van der Waals surface area contributed by atoms with Crippen molar-refractivity contribution >= 4 is 11.6 Å². The van der Waals surface area contributed by atoms with Crippen molar-refractivity contribution in [1.29, 1.82) is 0 Å². The predicted octanol–water partition coefficient (Wildman–Crippen LogP) is 3.46. The molecular weight excluding hydrogens is 284 g/mol. The van der Waals surface area contributed by atoms with Gasteiger partial charge in [-0.2, -0.15) is 0 Å². The van der Waals surface area contributed by atoms with Crippen molar-refractivity contribution in [3.8, 4) is 5.75 Å². The quantitative estimate of drug-likeness (QED) is 0.925. The Labute approximate surface area is 132 Å². The van der Waals surface area contributed by atoms with Gasteiger partial charge in [-0.3, -0.25) is 4.90 Å². The van der Waals surface area contributed by atoms with Gasteiger partial charge in [0.15, 0.2) is 0 Å². The van der Waals surface area contributed by atoms with E-state index in [1.165, 1.54) is 32.1 Å². The third-order valence-electron chi connectivity index (χ3n) is 4.92. The van der Waals surface area contributed by atoms with Crippen LogP contribution in [-0.2, 0) is 6.54 Å². The summed E-state index contributed by atoms with van der Waals surface area (Å²) in [7, 11) is 1.72. The van der Waals surface area contributed by atoms with E-state index in [9.17, 15) is 0 Å². The Morgan fingerprint density at radius 1 is 1.29 bits per heavy atom. The molecule has 2 aliphatic rings. The monoisotopic (exact) mass is 308 g/mol. The number of methoxy groups -OCH3 is 1. The van der Waals surface area contributed by atoms with Gasteiger partial charge >= 0.3 is 0 Å². The fraction of sp³-hybridized carbons (Fsp3) is 0.647. The second kappa shape index (κ2) is 6.55. The second-order valence-electron chi connectivity index (χ2n) is 6.40. The van der Waals surface area contributed by atoms with Crippen LogP contribution in [0.2, 0.25) is 5.02 Å². The largest absolute Gasteiger partial charge is 0.496 e. The van der Waals surface area contributed by atoms with Crippen LogP contribution in [0.1, 0.15) is 37.7 Å². The van der Waals surface area contributed by atoms with Gasteiger partial charge in [-0.15, -0.1) is 0 Å². The van der Waals surface area contributed by atoms with Crippen LogP contribution < -0.4 is 10.1 Å². The molecule has 3 nitrogen and oxygen atoms in total. The third kappa shape index (κ3) is 3.36. The molecular formula is C17H25ClN2O. The van der Waals surface area contributed by atoms with Crippen molar-refractivity contribution in [2.75, 3.05) is 26.7 Å². The summed E-state index contributed by atoms with van der Waals surface area (Å²) in [6.07, 6.45) is 6.54. The molecule has 0 unspecified atom stereocenters. The summed E-state index contributed by atoms with van der Waals surface area (Å²) in [5.41, 5.74) is 1.46. The number of hydrogen-bond acceptors (Lipinski definition) is 3. The third-order valence-corrected chi connectivity index (χ3v) is 5.27. The Bertz CT molecular complexity index is 486. The lowest BCUT2D eigenvalue weighted by molar-refractivity contribution is 0.201. The van der Waals surface area contributed by atoms with Crippen LogP contribution >= 0.6 is 11.6 Å². The van der Waals surface area contributed by atoms with E-state index in [4.69, 9.17) is 16.3 Å². The van der Waals surface area contributed by atoms with Gasteiger partial charge < -0.3 is 10.1 Å². The lowest BCUT2D eigenvalue weighted by Crippen LogP contribution is -2.49. The van der Waals surface area contributed by atoms with Gasteiger partial charge in [0.2, 0.25) is 0 Å². The summed E-state index contributed by atoms with van der Waals surface area (Å²) in [6.45, 7) is 4.27. The van der Waals surface area contributed by atoms with Crippen molar-refractivity contribution in [3.05, 3.63) is 28.8 Å². The first-order valence-electron chi connectivity index (χ1n) is 8.01. The maximum atomic E-state index is 6.40. The lowest BCUT2D eigenvalue weighted by Gasteiger charge is -2.33. The molecule has 3 rings (SSSR count). The Morgan fingerprint density at radius 2 is 2.10 bits per heavy atom. The molecule has 1 aromatic rings. The van der Waals surface area contributed by atoms with Crippen molar-refractivity contribution in [2.45, 2.75) is 44.2 Å². The fourth-order valence-electron chi connectivity index (χ4n) is 3.85. The lowest BCUT2D eigenvalue weighted by atomic mass is 9.97. The molecule has 21 heavy (non-hydrogen) atoms. The van der Waals surface area contributed by atoms with Crippen molar-refractivity contribution < 1.29 is 4.74 Å². The summed E-state index contributed by atoms with van der Waals surface area (Å²) in [5.74, 6) is 0.903. The first-order chi connectivity index (χ1) is 10.2. The zero-order valence-corrected chi connectivity index (χ0v) is 13.6. The van der Waals surface area contributed by atoms with Crippen LogP contribution in [0.3, 0.4) is 0 Å². The molecule has 1 aliphatic carbocycles. The average Bonchev–Trinajstić information content (AvgIpc) is 2.84. The Morgan fingerprint density at radius 3 is 2.86 bits per heavy atom. The molecule has 1 spiro atoms. The van der Waals surface area contributed by atoms with Gasteiger partial charge in [0.05, 0.1) is 7.11 Å². The molecule has 0 radical (unpaired) electrons. The van der Waals surface area contributed by atoms with Crippen molar-refractivity contribution in [3.63, 3.8) is 0 Å². The Kier molecular flexibility index (Phi) is 4.72. The van der Waals surface area contributed by atoms with Crippen LogP contribution in [0.4, 0.5) is 0 Å². The maximum absolute atomic E-state index is 6.40. The number of hydrogen-bond donors (Lipinski definition) is 1. The number of benzene rings is 1. The maximum Gasteiger partial charge on any atom is 0.124 e. The van der Waals surface area contributed by atoms with Crippen LogP contribution in [-0.4, -0.2) is 37.2 Å². The van der Waals surface area contributed by atoms with E-state index in [-0.39, 0.29) is 0 Å². The summed E-state index contributed by atoms with van der Waals surface area (Å²) < 4.78 is 5.49. The standard InChI is InChI=1S/C17H25ClN2O/c1-21-16-7-4-6-15(18)14(16)12-20-11-5-10-19-17(13-20)8-2-3-9-17/h4,6-7,19H,2-3,5,8-13H2,1H3. The highest BCUT2D eigenvalue weighted by molar-refractivity contribution is 6.31. The van der Waals surface area contributed by atoms with E-state index in [0.29, 0.717) is 5.54 Å². The molecule has 1 aliphatic heterocycles. The highest BCUT2D eigenvalue weighted by Gasteiger charge is 2.36. The minimum Gasteiger partial charge on any atom is -0.496 e. The first-order valence-corrected chi connectivity index (χ1v) is 8.39. The minimum absolute atomic E-state index is 0.338. The van der Waals surface area contributed by atoms with E-state index in [1.807, 2.05) is 18.2 Å². The van der Waals surface area contributed by atoms with Crippen LogP contribution in [0.5, 0.6) is 5.75 Å². The average molecular weight is 309 g/mol. The molecule has 1 aromatic carbocycles. The number of nitrogens with zero attached hydrogens (tertiary/aromatic N) is 1. The molecule has 1 heterocycles. The predicted molar refractivity (Wildman–Crippen MR) is 87.1 cm³/mol. The molecule has 0 amide bonds. The zero-order valence-electron chi connectivity index (χ0n) is 12.8. The van der Waals surface area contributed by atoms with Crippen molar-refractivity contribution in [1.82, 2.24) is 10.2 Å². The smallest absolute Gasteiger partial charge is 0.124 e. The first kappa shape index (κ1) is 15.1. The van der Waals surface area contributed by atoms with E-state index < -0.39 is 0 Å². The van der Waals surface area contributed by atoms with Gasteiger partial charge in [0.25, 0.3) is 0 Å². The molecule has 0 atom stereocenters. The molecule has 1 saturated heterocycles. The fourth-order valence-corrected chi connectivity index (χ4v) is 4.07. The summed E-state index contributed by atoms with van der Waals surface area (Å²) in [4.78, 5) is 2.55. The van der Waals surface area contributed by atoms with Crippen LogP contribution in [0.25, 0.3) is 0 Å². The number of rotatable bonds is 3. The highest BCUT2D eigenvalue weighted by atomic mass is 35.5. The van der Waals surface area contributed by atoms with Gasteiger partial charge in [0, 0.05) is 29.2 Å². The van der Waals surface area contributed by atoms with E-state index in [0.717, 1.165) is 42.5 Å². The molecule has 1 N–H and O–H groups in total. The van der Waals surface area contributed by atoms with Crippen LogP contribution in [0.15, 0.2) is 18.2 Å². The number of ether oxygens (including phenoxy) is 1. The van der Waals surface area contributed by atoms with Gasteiger partial charge in [0.1, 0.15) is 5.75 Å². The van der Waals surface area contributed by atoms with Gasteiger partial charge in [-0.05, 0) is 44.5 Å². The van der Waals surface area contributed by atoms with E-state index >= 15 is 0 Å². The molecule has 116 valence electrons. The SMILES string of the molecule is COc1cccc(Cl)c1CN1CCCNC2(CCCC2)C1. The Hall–Kier alpha value is -0.770. The molecule has 0 aromatic heterocycles. The number of nitrogens with one attached hydrogen (secondary N) is 1. The highest BCUT2D eigenvalue weighted by Crippen LogP contribution is 2.33. The van der Waals surface area contributed by atoms with E-state index in [2.05, 4.69) is 10.2 Å². The minimum atomic E-state index is 0.338. The Balaban J connectivity index is 1.77. The number of halogens is 1. The summed E-state index contributed by atoms with van der Waals surface area (Å²) >= 11 is 6.40. The van der Waals surface area contributed by atoms with Gasteiger partial charge in [-0.25, -0.2) is 0 Å². The topological polar surface area (TPSA) is 24.5 Å². The normalized spacial score (nSPS) is 22.4. The summed E-state index contributed by atoms with van der Waals surface area (Å²) in [5, 5.41) is 4.62. The molecule has 1 saturated carbocycles. The second-order valence-corrected chi connectivity index (χ2v) is 6.81. The molecule has 4 heteroatoms. The van der Waals surface area contributed by atoms with Crippen LogP contribution in [0, 0.1) is 0 Å². The van der Waals surface area contributed by atoms with Gasteiger partial charge in [-0.1, -0.05) is 30.5 Å². The van der Waals surface area contributed by atoms with Crippen molar-refractivity contribution in [2.24, 2.45) is 0 Å².